The van der Waals surface area contributed by atoms with E-state index in [-0.39, 0.29) is 0 Å². The van der Waals surface area contributed by atoms with Gasteiger partial charge in [0.25, 0.3) is 0 Å². The van der Waals surface area contributed by atoms with E-state index in [1.807, 2.05) is 36.4 Å². The normalized spacial score (nSPS) is 12.1. The number of rotatable bonds is 2. The molecule has 0 fully saturated rings. The predicted molar refractivity (Wildman–Crippen MR) is 169 cm³/mol. The minimum atomic E-state index is 0.857. The van der Waals surface area contributed by atoms with Crippen LogP contribution in [-0.2, 0) is 0 Å². The van der Waals surface area contributed by atoms with Gasteiger partial charge in [-0.1, -0.05) is 84.9 Å². The molecule has 9 rings (SSSR count). The Hall–Kier alpha value is -5.28. The second-order valence-electron chi connectivity index (χ2n) is 10.9. The van der Waals surface area contributed by atoms with Crippen LogP contribution in [0.3, 0.4) is 0 Å². The van der Waals surface area contributed by atoms with E-state index < -0.39 is 0 Å². The Morgan fingerprint density at radius 3 is 1.34 bits per heavy atom. The maximum atomic E-state index is 6.69. The van der Waals surface area contributed by atoms with Crippen LogP contribution >= 0.6 is 0 Å². The van der Waals surface area contributed by atoms with Gasteiger partial charge in [0.1, 0.15) is 33.5 Å². The molecule has 41 heavy (non-hydrogen) atoms. The Morgan fingerprint density at radius 1 is 0.341 bits per heavy atom. The number of aryl methyl sites for hydroxylation is 2. The largest absolute Gasteiger partial charge is 0.456 e. The standard InChI is InChI=1S/C38H24O3/c1-21-15-18-25(37-33(21)27-9-3-6-12-30(27)40-37)26-20-19-24(35-29-11-5-8-14-32(29)41-38(26)35)23-17-16-22(2)36-34(23)28-10-4-7-13-31(28)39-36/h3-20H,1-2H3. The van der Waals surface area contributed by atoms with E-state index in [1.54, 1.807) is 0 Å². The zero-order valence-corrected chi connectivity index (χ0v) is 22.6. The van der Waals surface area contributed by atoms with Crippen LogP contribution < -0.4 is 0 Å². The van der Waals surface area contributed by atoms with Crippen LogP contribution in [0.25, 0.3) is 88.1 Å². The molecule has 3 heterocycles. The Balaban J connectivity index is 1.42. The Bertz CT molecular complexity index is 2500. The molecule has 0 atom stereocenters. The third-order valence-electron chi connectivity index (χ3n) is 8.56. The highest BCUT2D eigenvalue weighted by Gasteiger charge is 2.23. The third-order valence-corrected chi connectivity index (χ3v) is 8.56. The Labute approximate surface area is 235 Å². The van der Waals surface area contributed by atoms with Crippen molar-refractivity contribution >= 4 is 65.8 Å². The van der Waals surface area contributed by atoms with Gasteiger partial charge in [0.15, 0.2) is 0 Å². The van der Waals surface area contributed by atoms with Crippen molar-refractivity contribution in [3.8, 4) is 22.3 Å². The molecule has 9 aromatic rings. The molecule has 3 nitrogen and oxygen atoms in total. The van der Waals surface area contributed by atoms with Crippen LogP contribution in [0.1, 0.15) is 11.1 Å². The van der Waals surface area contributed by atoms with Crippen LogP contribution in [0.5, 0.6) is 0 Å². The quantitative estimate of drug-likeness (QED) is 0.224. The van der Waals surface area contributed by atoms with Gasteiger partial charge < -0.3 is 13.3 Å². The molecule has 0 N–H and O–H groups in total. The highest BCUT2D eigenvalue weighted by molar-refractivity contribution is 6.23. The lowest BCUT2D eigenvalue weighted by Gasteiger charge is -2.11. The zero-order chi connectivity index (χ0) is 27.2. The van der Waals surface area contributed by atoms with Crippen molar-refractivity contribution in [2.75, 3.05) is 0 Å². The predicted octanol–water partition coefficient (Wildman–Crippen LogP) is 11.3. The van der Waals surface area contributed by atoms with Crippen LogP contribution in [0.15, 0.2) is 122 Å². The van der Waals surface area contributed by atoms with E-state index in [9.17, 15) is 0 Å². The fourth-order valence-corrected chi connectivity index (χ4v) is 6.65. The van der Waals surface area contributed by atoms with Gasteiger partial charge in [0.2, 0.25) is 0 Å². The molecule has 0 radical (unpaired) electrons. The van der Waals surface area contributed by atoms with Crippen molar-refractivity contribution in [3.05, 3.63) is 120 Å². The first kappa shape index (κ1) is 22.5. The highest BCUT2D eigenvalue weighted by Crippen LogP contribution is 2.47. The molecule has 0 aliphatic carbocycles. The Kier molecular flexibility index (Phi) is 4.46. The van der Waals surface area contributed by atoms with Crippen molar-refractivity contribution in [2.24, 2.45) is 0 Å². The molecule has 0 spiro atoms. The second kappa shape index (κ2) is 8.12. The van der Waals surface area contributed by atoms with E-state index in [2.05, 4.69) is 86.6 Å². The van der Waals surface area contributed by atoms with Crippen molar-refractivity contribution in [2.45, 2.75) is 13.8 Å². The van der Waals surface area contributed by atoms with Gasteiger partial charge in [-0.15, -0.1) is 0 Å². The summed E-state index contributed by atoms with van der Waals surface area (Å²) in [4.78, 5) is 0. The van der Waals surface area contributed by atoms with Crippen molar-refractivity contribution in [3.63, 3.8) is 0 Å². The lowest BCUT2D eigenvalue weighted by Crippen LogP contribution is -1.87. The molecule has 0 aliphatic rings. The van der Waals surface area contributed by atoms with Gasteiger partial charge in [-0.05, 0) is 60.4 Å². The maximum Gasteiger partial charge on any atom is 0.144 e. The molecule has 0 bridgehead atoms. The number of fused-ring (bicyclic) bond motifs is 9. The summed E-state index contributed by atoms with van der Waals surface area (Å²) in [6.45, 7) is 4.25. The van der Waals surface area contributed by atoms with Crippen molar-refractivity contribution in [1.82, 2.24) is 0 Å². The molecule has 6 aromatic carbocycles. The number of benzene rings is 6. The van der Waals surface area contributed by atoms with E-state index in [4.69, 9.17) is 13.3 Å². The van der Waals surface area contributed by atoms with Crippen molar-refractivity contribution in [1.29, 1.82) is 0 Å². The first-order valence-corrected chi connectivity index (χ1v) is 13.9. The molecule has 0 unspecified atom stereocenters. The van der Waals surface area contributed by atoms with Gasteiger partial charge in [0, 0.05) is 43.4 Å². The molecule has 0 saturated carbocycles. The van der Waals surface area contributed by atoms with E-state index in [0.717, 1.165) is 93.6 Å². The fourth-order valence-electron chi connectivity index (χ4n) is 6.65. The van der Waals surface area contributed by atoms with E-state index >= 15 is 0 Å². The summed E-state index contributed by atoms with van der Waals surface area (Å²) in [6, 6.07) is 38.0. The average molecular weight is 529 g/mol. The summed E-state index contributed by atoms with van der Waals surface area (Å²) in [5.41, 5.74) is 12.0. The molecular weight excluding hydrogens is 504 g/mol. The number of furan rings is 3. The van der Waals surface area contributed by atoms with Crippen LogP contribution in [0.2, 0.25) is 0 Å². The van der Waals surface area contributed by atoms with Crippen LogP contribution in [0, 0.1) is 13.8 Å². The van der Waals surface area contributed by atoms with Crippen LogP contribution in [0.4, 0.5) is 0 Å². The molecule has 0 aliphatic heterocycles. The Morgan fingerprint density at radius 2 is 0.732 bits per heavy atom. The molecular formula is C38H24O3. The summed E-state index contributed by atoms with van der Waals surface area (Å²) < 4.78 is 19.6. The van der Waals surface area contributed by atoms with Crippen molar-refractivity contribution < 1.29 is 13.3 Å². The summed E-state index contributed by atoms with van der Waals surface area (Å²) in [5.74, 6) is 0. The number of para-hydroxylation sites is 3. The molecule has 0 amide bonds. The maximum absolute atomic E-state index is 6.69. The molecule has 0 saturated heterocycles. The lowest BCUT2D eigenvalue weighted by molar-refractivity contribution is 0.665. The second-order valence-corrected chi connectivity index (χ2v) is 10.9. The monoisotopic (exact) mass is 528 g/mol. The topological polar surface area (TPSA) is 39.4 Å². The van der Waals surface area contributed by atoms with E-state index in [1.165, 1.54) is 5.56 Å². The van der Waals surface area contributed by atoms with E-state index in [0.29, 0.717) is 0 Å². The first-order valence-electron chi connectivity index (χ1n) is 13.9. The van der Waals surface area contributed by atoms with Gasteiger partial charge in [-0.3, -0.25) is 0 Å². The summed E-state index contributed by atoms with van der Waals surface area (Å²) in [7, 11) is 0. The lowest BCUT2D eigenvalue weighted by atomic mass is 9.91. The highest BCUT2D eigenvalue weighted by atomic mass is 16.3. The molecule has 3 aromatic heterocycles. The average Bonchev–Trinajstić information content (AvgIpc) is 3.70. The minimum absolute atomic E-state index is 0.857. The summed E-state index contributed by atoms with van der Waals surface area (Å²) >= 11 is 0. The number of hydrogen-bond donors (Lipinski definition) is 0. The zero-order valence-electron chi connectivity index (χ0n) is 22.6. The van der Waals surface area contributed by atoms with Crippen LogP contribution in [-0.4, -0.2) is 0 Å². The third kappa shape index (κ3) is 3.03. The first-order chi connectivity index (χ1) is 20.2. The fraction of sp³-hybridized carbons (Fsp3) is 0.0526. The minimum Gasteiger partial charge on any atom is -0.456 e. The van der Waals surface area contributed by atoms with Gasteiger partial charge in [-0.2, -0.15) is 0 Å². The van der Waals surface area contributed by atoms with Gasteiger partial charge in [0.05, 0.1) is 0 Å². The SMILES string of the molecule is Cc1ccc(-c2ccc(-c3ccc(C)c4c3oc3ccccc34)c3oc4ccccc4c23)c2c1oc1ccccc12. The summed E-state index contributed by atoms with van der Waals surface area (Å²) in [6.07, 6.45) is 0. The number of hydrogen-bond acceptors (Lipinski definition) is 3. The van der Waals surface area contributed by atoms with Gasteiger partial charge >= 0.3 is 0 Å². The molecule has 194 valence electrons. The summed E-state index contributed by atoms with van der Waals surface area (Å²) in [5, 5.41) is 6.72. The molecule has 3 heteroatoms. The van der Waals surface area contributed by atoms with Gasteiger partial charge in [-0.25, -0.2) is 0 Å². The smallest absolute Gasteiger partial charge is 0.144 e.